The summed E-state index contributed by atoms with van der Waals surface area (Å²) in [6, 6.07) is 26.6. The number of hydrogen-bond donors (Lipinski definition) is 2. The molecule has 154 valence electrons. The molecule has 2 N–H and O–H groups in total. The lowest BCUT2D eigenvalue weighted by Crippen LogP contribution is -2.18. The van der Waals surface area contributed by atoms with E-state index in [1.54, 1.807) is 0 Å². The number of benzene rings is 3. The molecule has 0 atom stereocenters. The van der Waals surface area contributed by atoms with Crippen LogP contribution in [0.1, 0.15) is 15.9 Å². The van der Waals surface area contributed by atoms with E-state index in [-0.39, 0.29) is 18.2 Å². The Morgan fingerprint density at radius 3 is 2.16 bits per heavy atom. The second-order valence-electron chi connectivity index (χ2n) is 6.86. The molecule has 0 bridgehead atoms. The number of para-hydroxylation sites is 1. The Morgan fingerprint density at radius 1 is 0.806 bits per heavy atom. The van der Waals surface area contributed by atoms with Gasteiger partial charge in [0, 0.05) is 15.4 Å². The van der Waals surface area contributed by atoms with Crippen molar-refractivity contribution in [2.45, 2.75) is 6.42 Å². The quantitative estimate of drug-likeness (QED) is 0.319. The van der Waals surface area contributed by atoms with Crippen LogP contribution < -0.4 is 10.6 Å². The molecule has 4 rings (SSSR count). The molecular weight excluding hydrogens is 472 g/mol. The molecule has 1 heterocycles. The van der Waals surface area contributed by atoms with Crippen molar-refractivity contribution in [3.8, 4) is 11.1 Å². The highest BCUT2D eigenvalue weighted by Crippen LogP contribution is 2.36. The lowest BCUT2D eigenvalue weighted by Gasteiger charge is -2.11. The summed E-state index contributed by atoms with van der Waals surface area (Å²) in [6.07, 6.45) is 0.241. The summed E-state index contributed by atoms with van der Waals surface area (Å²) in [7, 11) is 0. The normalized spacial score (nSPS) is 10.5. The van der Waals surface area contributed by atoms with Gasteiger partial charge in [0.2, 0.25) is 5.91 Å². The smallest absolute Gasteiger partial charge is 0.259 e. The molecule has 1 aromatic heterocycles. The molecule has 4 aromatic rings. The molecular formula is C25H19BrN2O2S. The van der Waals surface area contributed by atoms with Gasteiger partial charge in [-0.25, -0.2) is 0 Å². The van der Waals surface area contributed by atoms with Crippen molar-refractivity contribution in [2.75, 3.05) is 10.6 Å². The van der Waals surface area contributed by atoms with E-state index >= 15 is 0 Å². The van der Waals surface area contributed by atoms with Crippen molar-refractivity contribution < 1.29 is 9.59 Å². The van der Waals surface area contributed by atoms with Crippen LogP contribution in [0.5, 0.6) is 0 Å². The molecule has 0 aliphatic carbocycles. The van der Waals surface area contributed by atoms with Gasteiger partial charge in [-0.2, -0.15) is 0 Å². The Hall–Kier alpha value is -3.22. The van der Waals surface area contributed by atoms with Gasteiger partial charge in [-0.15, -0.1) is 11.3 Å². The second-order valence-corrected chi connectivity index (χ2v) is 8.60. The van der Waals surface area contributed by atoms with Gasteiger partial charge in [-0.3, -0.25) is 9.59 Å². The predicted octanol–water partition coefficient (Wildman–Crippen LogP) is 6.61. The summed E-state index contributed by atoms with van der Waals surface area (Å²) in [6.45, 7) is 0. The number of hydrogen-bond acceptors (Lipinski definition) is 3. The number of anilines is 2. The van der Waals surface area contributed by atoms with Crippen molar-refractivity contribution in [1.82, 2.24) is 0 Å². The van der Waals surface area contributed by atoms with E-state index in [2.05, 4.69) is 26.6 Å². The lowest BCUT2D eigenvalue weighted by molar-refractivity contribution is -0.115. The minimum atomic E-state index is -0.276. The van der Waals surface area contributed by atoms with Gasteiger partial charge in [-0.05, 0) is 39.2 Å². The third-order valence-electron chi connectivity index (χ3n) is 4.69. The largest absolute Gasteiger partial charge is 0.321 e. The van der Waals surface area contributed by atoms with Gasteiger partial charge in [0.15, 0.2) is 0 Å². The van der Waals surface area contributed by atoms with E-state index in [1.165, 1.54) is 11.3 Å². The number of amides is 2. The maximum Gasteiger partial charge on any atom is 0.259 e. The Morgan fingerprint density at radius 2 is 1.45 bits per heavy atom. The van der Waals surface area contributed by atoms with E-state index in [0.717, 1.165) is 21.2 Å². The molecule has 0 saturated heterocycles. The van der Waals surface area contributed by atoms with Crippen molar-refractivity contribution in [3.63, 3.8) is 0 Å². The van der Waals surface area contributed by atoms with Gasteiger partial charge in [0.1, 0.15) is 5.00 Å². The van der Waals surface area contributed by atoms with Crippen molar-refractivity contribution in [3.05, 3.63) is 106 Å². The fourth-order valence-corrected chi connectivity index (χ4v) is 4.57. The number of halogens is 1. The Kier molecular flexibility index (Phi) is 6.60. The number of carbonyl (C=O) groups is 2. The molecule has 0 fully saturated rings. The minimum absolute atomic E-state index is 0.164. The van der Waals surface area contributed by atoms with Crippen LogP contribution in [-0.2, 0) is 11.2 Å². The third kappa shape index (κ3) is 5.10. The molecule has 0 saturated carbocycles. The second kappa shape index (κ2) is 9.73. The van der Waals surface area contributed by atoms with Gasteiger partial charge in [-0.1, -0.05) is 72.8 Å². The Labute approximate surface area is 193 Å². The van der Waals surface area contributed by atoms with Gasteiger partial charge < -0.3 is 10.6 Å². The van der Waals surface area contributed by atoms with E-state index < -0.39 is 0 Å². The number of nitrogens with one attached hydrogen (secondary N) is 2. The Balaban J connectivity index is 1.65. The highest BCUT2D eigenvalue weighted by atomic mass is 79.9. The van der Waals surface area contributed by atoms with Crippen molar-refractivity contribution >= 4 is 49.8 Å². The number of thiophene rings is 1. The summed E-state index contributed by atoms with van der Waals surface area (Å²) in [5.74, 6) is -0.440. The van der Waals surface area contributed by atoms with Crippen LogP contribution in [0.2, 0.25) is 0 Å². The molecule has 2 amide bonds. The zero-order chi connectivity index (χ0) is 21.6. The molecule has 0 aliphatic rings. The SMILES string of the molecule is O=C(Cc1ccccc1)Nc1scc(-c2ccccc2)c1C(=O)Nc1ccccc1Br. The van der Waals surface area contributed by atoms with Crippen molar-refractivity contribution in [1.29, 1.82) is 0 Å². The first-order chi connectivity index (χ1) is 15.1. The minimum Gasteiger partial charge on any atom is -0.321 e. The third-order valence-corrected chi connectivity index (χ3v) is 6.27. The predicted molar refractivity (Wildman–Crippen MR) is 131 cm³/mol. The monoisotopic (exact) mass is 490 g/mol. The summed E-state index contributed by atoms with van der Waals surface area (Å²) in [4.78, 5) is 26.0. The summed E-state index contributed by atoms with van der Waals surface area (Å²) in [5.41, 5.74) is 3.73. The highest BCUT2D eigenvalue weighted by molar-refractivity contribution is 9.10. The van der Waals surface area contributed by atoms with E-state index in [1.807, 2.05) is 90.3 Å². The first kappa shape index (κ1) is 21.0. The van der Waals surface area contributed by atoms with Gasteiger partial charge in [0.05, 0.1) is 17.7 Å². The molecule has 0 radical (unpaired) electrons. The molecule has 0 unspecified atom stereocenters. The molecule has 4 nitrogen and oxygen atoms in total. The number of carbonyl (C=O) groups excluding carboxylic acids is 2. The molecule has 6 heteroatoms. The standard InChI is InChI=1S/C25H19BrN2O2S/c26-20-13-7-8-14-21(20)27-24(30)23-19(18-11-5-2-6-12-18)16-31-25(23)28-22(29)15-17-9-3-1-4-10-17/h1-14,16H,15H2,(H,27,30)(H,28,29). The molecule has 0 spiro atoms. The van der Waals surface area contributed by atoms with E-state index in [9.17, 15) is 9.59 Å². The summed E-state index contributed by atoms with van der Waals surface area (Å²) < 4.78 is 0.787. The van der Waals surface area contributed by atoms with E-state index in [0.29, 0.717) is 16.3 Å². The molecule has 0 aliphatic heterocycles. The zero-order valence-electron chi connectivity index (χ0n) is 16.5. The van der Waals surface area contributed by atoms with Crippen molar-refractivity contribution in [2.24, 2.45) is 0 Å². The van der Waals surface area contributed by atoms with E-state index in [4.69, 9.17) is 0 Å². The maximum absolute atomic E-state index is 13.3. The topological polar surface area (TPSA) is 58.2 Å². The average molecular weight is 491 g/mol. The maximum atomic E-state index is 13.3. The van der Waals surface area contributed by atoms with Crippen LogP contribution in [0.25, 0.3) is 11.1 Å². The average Bonchev–Trinajstić information content (AvgIpc) is 3.20. The van der Waals surface area contributed by atoms with Gasteiger partial charge in [0.25, 0.3) is 5.91 Å². The van der Waals surface area contributed by atoms with Crippen LogP contribution >= 0.6 is 27.3 Å². The van der Waals surface area contributed by atoms with Crippen LogP contribution in [0.15, 0.2) is 94.8 Å². The Bertz CT molecular complexity index is 1210. The first-order valence-electron chi connectivity index (χ1n) is 9.68. The summed E-state index contributed by atoms with van der Waals surface area (Å²) >= 11 is 4.81. The zero-order valence-corrected chi connectivity index (χ0v) is 18.9. The highest BCUT2D eigenvalue weighted by Gasteiger charge is 2.22. The fourth-order valence-electron chi connectivity index (χ4n) is 3.20. The van der Waals surface area contributed by atoms with Gasteiger partial charge >= 0.3 is 0 Å². The summed E-state index contributed by atoms with van der Waals surface area (Å²) in [5, 5.41) is 8.33. The fraction of sp³-hybridized carbons (Fsp3) is 0.0400. The number of rotatable bonds is 6. The lowest BCUT2D eigenvalue weighted by atomic mass is 10.0. The van der Waals surface area contributed by atoms with Crippen LogP contribution in [0, 0.1) is 0 Å². The first-order valence-corrected chi connectivity index (χ1v) is 11.4. The van der Waals surface area contributed by atoms with Crippen LogP contribution in [0.4, 0.5) is 10.7 Å². The van der Waals surface area contributed by atoms with Crippen LogP contribution in [-0.4, -0.2) is 11.8 Å². The molecule has 3 aromatic carbocycles. The van der Waals surface area contributed by atoms with Crippen LogP contribution in [0.3, 0.4) is 0 Å². The molecule has 31 heavy (non-hydrogen) atoms.